The lowest BCUT2D eigenvalue weighted by atomic mass is 10.1. The summed E-state index contributed by atoms with van der Waals surface area (Å²) >= 11 is 3.26. The highest BCUT2D eigenvalue weighted by atomic mass is 79.9. The third-order valence-corrected chi connectivity index (χ3v) is 5.29. The monoisotopic (exact) mass is 387 g/mol. The van der Waals surface area contributed by atoms with Crippen molar-refractivity contribution in [2.75, 3.05) is 7.11 Å². The molecule has 0 aromatic heterocycles. The minimum Gasteiger partial charge on any atom is -0.496 e. The molecule has 0 bridgehead atoms. The number of methoxy groups -OCH3 is 1. The predicted molar refractivity (Wildman–Crippen MR) is 85.8 cm³/mol. The van der Waals surface area contributed by atoms with Gasteiger partial charge in [0.05, 0.1) is 16.5 Å². The molecule has 0 amide bonds. The Kier molecular flexibility index (Phi) is 5.20. The number of hydrogen-bond acceptors (Lipinski definition) is 3. The normalized spacial score (nSPS) is 12.9. The molecule has 0 saturated heterocycles. The van der Waals surface area contributed by atoms with Crippen molar-refractivity contribution >= 4 is 26.0 Å². The molecule has 0 fully saturated rings. The van der Waals surface area contributed by atoms with E-state index in [4.69, 9.17) is 4.74 Å². The van der Waals surface area contributed by atoms with E-state index in [1.54, 1.807) is 25.1 Å². The minimum atomic E-state index is -3.69. The Bertz CT molecular complexity index is 763. The molecular weight excluding hydrogens is 373 g/mol. The molecule has 2 aromatic carbocycles. The van der Waals surface area contributed by atoms with Gasteiger partial charge in [-0.1, -0.05) is 12.1 Å². The number of sulfonamides is 1. The van der Waals surface area contributed by atoms with Crippen LogP contribution in [0.2, 0.25) is 0 Å². The van der Waals surface area contributed by atoms with Crippen molar-refractivity contribution in [3.8, 4) is 5.75 Å². The van der Waals surface area contributed by atoms with Crippen molar-refractivity contribution in [2.24, 2.45) is 0 Å². The SMILES string of the molecule is COc1ccc(S(=O)(=O)N[C@@H](C)c2ccc(F)cc2)cc1Br. The second-order valence-corrected chi connectivity index (χ2v) is 7.26. The molecule has 1 atom stereocenters. The molecule has 2 aromatic rings. The van der Waals surface area contributed by atoms with Gasteiger partial charge in [-0.25, -0.2) is 17.5 Å². The number of ether oxygens (including phenoxy) is 1. The van der Waals surface area contributed by atoms with Crippen LogP contribution in [0.1, 0.15) is 18.5 Å². The molecule has 2 rings (SSSR count). The lowest BCUT2D eigenvalue weighted by Gasteiger charge is -2.15. The molecule has 7 heteroatoms. The maximum Gasteiger partial charge on any atom is 0.241 e. The molecule has 0 aliphatic heterocycles. The second kappa shape index (κ2) is 6.76. The topological polar surface area (TPSA) is 55.4 Å². The summed E-state index contributed by atoms with van der Waals surface area (Å²) in [5.41, 5.74) is 0.678. The van der Waals surface area contributed by atoms with Crippen LogP contribution in [0.3, 0.4) is 0 Å². The van der Waals surface area contributed by atoms with Gasteiger partial charge in [0.2, 0.25) is 10.0 Å². The van der Waals surface area contributed by atoms with Crippen LogP contribution in [-0.4, -0.2) is 15.5 Å². The molecule has 0 aliphatic carbocycles. The van der Waals surface area contributed by atoms with Gasteiger partial charge in [0.1, 0.15) is 11.6 Å². The Labute approximate surface area is 137 Å². The Morgan fingerprint density at radius 2 is 1.82 bits per heavy atom. The van der Waals surface area contributed by atoms with E-state index in [0.717, 1.165) is 0 Å². The average molecular weight is 388 g/mol. The highest BCUT2D eigenvalue weighted by Crippen LogP contribution is 2.28. The summed E-state index contributed by atoms with van der Waals surface area (Å²) in [6.07, 6.45) is 0. The Morgan fingerprint density at radius 1 is 1.18 bits per heavy atom. The van der Waals surface area contributed by atoms with E-state index in [2.05, 4.69) is 20.7 Å². The Morgan fingerprint density at radius 3 is 2.36 bits per heavy atom. The molecule has 0 saturated carbocycles. The van der Waals surface area contributed by atoms with Crippen molar-refractivity contribution < 1.29 is 17.5 Å². The molecule has 0 radical (unpaired) electrons. The van der Waals surface area contributed by atoms with Crippen LogP contribution in [0.5, 0.6) is 5.75 Å². The van der Waals surface area contributed by atoms with Gasteiger partial charge in [-0.05, 0) is 58.7 Å². The van der Waals surface area contributed by atoms with E-state index >= 15 is 0 Å². The first kappa shape index (κ1) is 16.9. The smallest absolute Gasteiger partial charge is 0.241 e. The fourth-order valence-corrected chi connectivity index (χ4v) is 3.88. The molecule has 22 heavy (non-hydrogen) atoms. The summed E-state index contributed by atoms with van der Waals surface area (Å²) in [5, 5.41) is 0. The number of benzene rings is 2. The quantitative estimate of drug-likeness (QED) is 0.851. The standard InChI is InChI=1S/C15H15BrFNO3S/c1-10(11-3-5-12(17)6-4-11)18-22(19,20)13-7-8-15(21-2)14(16)9-13/h3-10,18H,1-2H3/t10-/m0/s1. The Hall–Kier alpha value is -1.44. The summed E-state index contributed by atoms with van der Waals surface area (Å²) in [4.78, 5) is 0.120. The van der Waals surface area contributed by atoms with Crippen LogP contribution in [0.4, 0.5) is 4.39 Å². The highest BCUT2D eigenvalue weighted by molar-refractivity contribution is 9.10. The third-order valence-electron chi connectivity index (χ3n) is 3.14. The molecule has 0 aliphatic rings. The van der Waals surface area contributed by atoms with E-state index in [9.17, 15) is 12.8 Å². The van der Waals surface area contributed by atoms with Gasteiger partial charge < -0.3 is 4.74 Å². The van der Waals surface area contributed by atoms with Crippen molar-refractivity contribution in [3.63, 3.8) is 0 Å². The van der Waals surface area contributed by atoms with Gasteiger partial charge in [-0.2, -0.15) is 0 Å². The summed E-state index contributed by atoms with van der Waals surface area (Å²) in [5.74, 6) is 0.184. The first-order chi connectivity index (χ1) is 10.3. The largest absolute Gasteiger partial charge is 0.496 e. The fourth-order valence-electron chi connectivity index (χ4n) is 1.93. The maximum atomic E-state index is 12.9. The highest BCUT2D eigenvalue weighted by Gasteiger charge is 2.19. The second-order valence-electron chi connectivity index (χ2n) is 4.69. The van der Waals surface area contributed by atoms with Crippen LogP contribution >= 0.6 is 15.9 Å². The zero-order valence-corrected chi connectivity index (χ0v) is 14.4. The van der Waals surface area contributed by atoms with Crippen LogP contribution in [0, 0.1) is 5.82 Å². The molecule has 0 spiro atoms. The fraction of sp³-hybridized carbons (Fsp3) is 0.200. The van der Waals surface area contributed by atoms with Crippen molar-refractivity contribution in [1.29, 1.82) is 0 Å². The van der Waals surface area contributed by atoms with Crippen molar-refractivity contribution in [3.05, 3.63) is 58.3 Å². The lowest BCUT2D eigenvalue weighted by molar-refractivity contribution is 0.411. The van der Waals surface area contributed by atoms with Gasteiger partial charge in [-0.3, -0.25) is 0 Å². The van der Waals surface area contributed by atoms with Crippen LogP contribution in [0.15, 0.2) is 51.8 Å². The summed E-state index contributed by atoms with van der Waals surface area (Å²) in [6, 6.07) is 9.71. The number of nitrogens with one attached hydrogen (secondary N) is 1. The molecule has 4 nitrogen and oxygen atoms in total. The molecule has 0 unspecified atom stereocenters. The van der Waals surface area contributed by atoms with Crippen LogP contribution in [-0.2, 0) is 10.0 Å². The van der Waals surface area contributed by atoms with Crippen LogP contribution < -0.4 is 9.46 Å². The van der Waals surface area contributed by atoms with E-state index in [0.29, 0.717) is 15.8 Å². The zero-order valence-electron chi connectivity index (χ0n) is 12.0. The van der Waals surface area contributed by atoms with E-state index < -0.39 is 16.1 Å². The van der Waals surface area contributed by atoms with Gasteiger partial charge >= 0.3 is 0 Å². The minimum absolute atomic E-state index is 0.120. The number of halogens is 2. The first-order valence-corrected chi connectivity index (χ1v) is 8.72. The van der Waals surface area contributed by atoms with Crippen LogP contribution in [0.25, 0.3) is 0 Å². The third kappa shape index (κ3) is 3.85. The number of hydrogen-bond donors (Lipinski definition) is 1. The zero-order chi connectivity index (χ0) is 16.3. The van der Waals surface area contributed by atoms with E-state index in [1.165, 1.54) is 31.4 Å². The van der Waals surface area contributed by atoms with Gasteiger partial charge in [-0.15, -0.1) is 0 Å². The molecule has 118 valence electrons. The van der Waals surface area contributed by atoms with E-state index in [-0.39, 0.29) is 10.7 Å². The van der Waals surface area contributed by atoms with Crippen molar-refractivity contribution in [1.82, 2.24) is 4.72 Å². The summed E-state index contributed by atoms with van der Waals surface area (Å²) in [7, 11) is -2.19. The van der Waals surface area contributed by atoms with E-state index in [1.807, 2.05) is 0 Å². The predicted octanol–water partition coefficient (Wildman–Crippen LogP) is 3.64. The summed E-state index contributed by atoms with van der Waals surface area (Å²) in [6.45, 7) is 1.70. The van der Waals surface area contributed by atoms with Gasteiger partial charge in [0, 0.05) is 6.04 Å². The average Bonchev–Trinajstić information content (AvgIpc) is 2.47. The molecular formula is C15H15BrFNO3S. The maximum absolute atomic E-state index is 12.9. The molecule has 0 heterocycles. The first-order valence-electron chi connectivity index (χ1n) is 6.45. The lowest BCUT2D eigenvalue weighted by Crippen LogP contribution is -2.26. The van der Waals surface area contributed by atoms with Gasteiger partial charge in [0.15, 0.2) is 0 Å². The van der Waals surface area contributed by atoms with Crippen molar-refractivity contribution in [2.45, 2.75) is 17.9 Å². The van der Waals surface area contributed by atoms with Gasteiger partial charge in [0.25, 0.3) is 0 Å². The number of rotatable bonds is 5. The molecule has 1 N–H and O–H groups in total. The Balaban J connectivity index is 2.23. The summed E-state index contributed by atoms with van der Waals surface area (Å²) < 4.78 is 45.9.